The van der Waals surface area contributed by atoms with Gasteiger partial charge in [0.05, 0.1) is 24.7 Å². The molecule has 0 spiro atoms. The number of furan rings is 1. The van der Waals surface area contributed by atoms with E-state index in [1.54, 1.807) is 25.1 Å². The van der Waals surface area contributed by atoms with Crippen LogP contribution in [0.25, 0.3) is 0 Å². The van der Waals surface area contributed by atoms with Gasteiger partial charge in [-0.2, -0.15) is 0 Å². The molecule has 0 radical (unpaired) electrons. The lowest BCUT2D eigenvalue weighted by atomic mass is 10.2. The quantitative estimate of drug-likeness (QED) is 0.635. The normalized spacial score (nSPS) is 10.4. The minimum Gasteiger partial charge on any atom is -0.497 e. The van der Waals surface area contributed by atoms with E-state index in [9.17, 15) is 4.79 Å². The smallest absolute Gasteiger partial charge is 0.252 e. The van der Waals surface area contributed by atoms with Crippen molar-refractivity contribution < 1.29 is 13.9 Å². The van der Waals surface area contributed by atoms with E-state index >= 15 is 0 Å². The van der Waals surface area contributed by atoms with E-state index in [1.807, 2.05) is 60.7 Å². The molecule has 0 fully saturated rings. The number of amides is 1. The van der Waals surface area contributed by atoms with Crippen LogP contribution >= 0.6 is 11.8 Å². The number of rotatable bonds is 7. The van der Waals surface area contributed by atoms with Crippen LogP contribution in [0.5, 0.6) is 5.75 Å². The van der Waals surface area contributed by atoms with Gasteiger partial charge in [0.2, 0.25) is 0 Å². The van der Waals surface area contributed by atoms with Crippen molar-refractivity contribution >= 4 is 17.7 Å². The van der Waals surface area contributed by atoms with Crippen LogP contribution in [0.1, 0.15) is 21.7 Å². The van der Waals surface area contributed by atoms with Gasteiger partial charge in [-0.3, -0.25) is 4.79 Å². The molecule has 128 valence electrons. The van der Waals surface area contributed by atoms with Gasteiger partial charge < -0.3 is 14.5 Å². The molecule has 0 aliphatic carbocycles. The van der Waals surface area contributed by atoms with Crippen molar-refractivity contribution in [3.05, 3.63) is 83.8 Å². The second-order valence-corrected chi connectivity index (χ2v) is 6.41. The predicted molar refractivity (Wildman–Crippen MR) is 98.9 cm³/mol. The predicted octanol–water partition coefficient (Wildman–Crippen LogP) is 4.51. The van der Waals surface area contributed by atoms with Crippen molar-refractivity contribution in [2.45, 2.75) is 17.2 Å². The monoisotopic (exact) mass is 353 g/mol. The molecule has 3 aromatic rings. The maximum absolute atomic E-state index is 12.6. The zero-order valence-corrected chi connectivity index (χ0v) is 14.7. The van der Waals surface area contributed by atoms with Gasteiger partial charge >= 0.3 is 0 Å². The zero-order valence-electron chi connectivity index (χ0n) is 13.9. The summed E-state index contributed by atoms with van der Waals surface area (Å²) in [6.45, 7) is 0.472. The first kappa shape index (κ1) is 17.2. The van der Waals surface area contributed by atoms with Crippen LogP contribution in [0.2, 0.25) is 0 Å². The maximum atomic E-state index is 12.6. The Labute approximate surface area is 151 Å². The molecule has 0 aliphatic heterocycles. The number of ether oxygens (including phenoxy) is 1. The molecular formula is C20H19NO3S. The Morgan fingerprint density at radius 1 is 1.08 bits per heavy atom. The summed E-state index contributed by atoms with van der Waals surface area (Å²) in [5.41, 5.74) is 1.70. The molecule has 0 bridgehead atoms. The molecular weight excluding hydrogens is 334 g/mol. The molecule has 1 aromatic heterocycles. The standard InChI is InChI=1S/C20H19NO3S/c1-23-16-10-8-15(9-11-16)13-21-20(22)18-6-2-3-7-19(18)25-14-17-5-4-12-24-17/h2-12H,13-14H2,1H3,(H,21,22). The van der Waals surface area contributed by atoms with Crippen LogP contribution in [0.3, 0.4) is 0 Å². The number of thioether (sulfide) groups is 1. The van der Waals surface area contributed by atoms with Crippen molar-refractivity contribution in [3.63, 3.8) is 0 Å². The molecule has 3 rings (SSSR count). The average molecular weight is 353 g/mol. The number of carbonyl (C=O) groups is 1. The number of nitrogens with one attached hydrogen (secondary N) is 1. The molecule has 0 saturated carbocycles. The van der Waals surface area contributed by atoms with E-state index < -0.39 is 0 Å². The highest BCUT2D eigenvalue weighted by atomic mass is 32.2. The van der Waals surface area contributed by atoms with Gasteiger partial charge in [-0.1, -0.05) is 24.3 Å². The van der Waals surface area contributed by atoms with E-state index in [4.69, 9.17) is 9.15 Å². The molecule has 0 atom stereocenters. The summed E-state index contributed by atoms with van der Waals surface area (Å²) in [6.07, 6.45) is 1.66. The first-order chi connectivity index (χ1) is 12.3. The highest BCUT2D eigenvalue weighted by Crippen LogP contribution is 2.26. The minimum absolute atomic E-state index is 0.0848. The van der Waals surface area contributed by atoms with Crippen molar-refractivity contribution in [2.75, 3.05) is 7.11 Å². The van der Waals surface area contributed by atoms with Gasteiger partial charge in [0, 0.05) is 11.4 Å². The van der Waals surface area contributed by atoms with Gasteiger partial charge in [-0.05, 0) is 42.0 Å². The first-order valence-electron chi connectivity index (χ1n) is 7.91. The van der Waals surface area contributed by atoms with E-state index in [-0.39, 0.29) is 5.91 Å². The molecule has 0 aliphatic rings. The van der Waals surface area contributed by atoms with Gasteiger partial charge in [0.25, 0.3) is 5.91 Å². The van der Waals surface area contributed by atoms with E-state index in [2.05, 4.69) is 5.32 Å². The second kappa shape index (κ2) is 8.44. The third-order valence-corrected chi connectivity index (χ3v) is 4.79. The Morgan fingerprint density at radius 3 is 2.60 bits per heavy atom. The topological polar surface area (TPSA) is 51.5 Å². The lowest BCUT2D eigenvalue weighted by Gasteiger charge is -2.10. The summed E-state index contributed by atoms with van der Waals surface area (Å²) >= 11 is 1.59. The molecule has 0 unspecified atom stereocenters. The summed E-state index contributed by atoms with van der Waals surface area (Å²) in [6, 6.07) is 19.0. The SMILES string of the molecule is COc1ccc(CNC(=O)c2ccccc2SCc2ccco2)cc1. The molecule has 5 heteroatoms. The van der Waals surface area contributed by atoms with Crippen LogP contribution in [-0.2, 0) is 12.3 Å². The van der Waals surface area contributed by atoms with Crippen molar-refractivity contribution in [1.82, 2.24) is 5.32 Å². The Balaban J connectivity index is 1.62. The van der Waals surface area contributed by atoms with Crippen LogP contribution in [0.15, 0.2) is 76.2 Å². The summed E-state index contributed by atoms with van der Waals surface area (Å²) in [5.74, 6) is 2.29. The van der Waals surface area contributed by atoms with Crippen molar-refractivity contribution in [3.8, 4) is 5.75 Å². The van der Waals surface area contributed by atoms with Crippen molar-refractivity contribution in [1.29, 1.82) is 0 Å². The largest absolute Gasteiger partial charge is 0.497 e. The fraction of sp³-hybridized carbons (Fsp3) is 0.150. The molecule has 2 aromatic carbocycles. The summed E-state index contributed by atoms with van der Waals surface area (Å²) < 4.78 is 10.5. The minimum atomic E-state index is -0.0848. The summed E-state index contributed by atoms with van der Waals surface area (Å²) in [7, 11) is 1.63. The van der Waals surface area contributed by atoms with E-state index in [1.165, 1.54) is 0 Å². The number of hydrogen-bond acceptors (Lipinski definition) is 4. The second-order valence-electron chi connectivity index (χ2n) is 5.39. The van der Waals surface area contributed by atoms with Gasteiger partial charge in [0.15, 0.2) is 0 Å². The number of methoxy groups -OCH3 is 1. The van der Waals surface area contributed by atoms with E-state index in [0.29, 0.717) is 17.9 Å². The van der Waals surface area contributed by atoms with Crippen LogP contribution in [0.4, 0.5) is 0 Å². The third-order valence-electron chi connectivity index (χ3n) is 3.69. The summed E-state index contributed by atoms with van der Waals surface area (Å²) in [4.78, 5) is 13.5. The highest BCUT2D eigenvalue weighted by Gasteiger charge is 2.11. The molecule has 1 N–H and O–H groups in total. The molecule has 1 heterocycles. The van der Waals surface area contributed by atoms with Gasteiger partial charge in [-0.25, -0.2) is 0 Å². The average Bonchev–Trinajstić information content (AvgIpc) is 3.18. The number of benzene rings is 2. The highest BCUT2D eigenvalue weighted by molar-refractivity contribution is 7.98. The first-order valence-corrected chi connectivity index (χ1v) is 8.90. The Bertz CT molecular complexity index is 813. The lowest BCUT2D eigenvalue weighted by molar-refractivity contribution is 0.0948. The molecule has 1 amide bonds. The van der Waals surface area contributed by atoms with Gasteiger partial charge in [-0.15, -0.1) is 11.8 Å². The fourth-order valence-corrected chi connectivity index (χ4v) is 3.30. The lowest BCUT2D eigenvalue weighted by Crippen LogP contribution is -2.23. The Morgan fingerprint density at radius 2 is 1.88 bits per heavy atom. The summed E-state index contributed by atoms with van der Waals surface area (Å²) in [5, 5.41) is 2.97. The van der Waals surface area contributed by atoms with Crippen LogP contribution in [-0.4, -0.2) is 13.0 Å². The maximum Gasteiger partial charge on any atom is 0.252 e. The molecule has 4 nitrogen and oxygen atoms in total. The third kappa shape index (κ3) is 4.67. The van der Waals surface area contributed by atoms with Gasteiger partial charge in [0.1, 0.15) is 11.5 Å². The van der Waals surface area contributed by atoms with Crippen LogP contribution < -0.4 is 10.1 Å². The molecule has 25 heavy (non-hydrogen) atoms. The number of carbonyl (C=O) groups excluding carboxylic acids is 1. The zero-order chi connectivity index (χ0) is 17.5. The van der Waals surface area contributed by atoms with Crippen molar-refractivity contribution in [2.24, 2.45) is 0 Å². The Kier molecular flexibility index (Phi) is 5.80. The number of hydrogen-bond donors (Lipinski definition) is 1. The fourth-order valence-electron chi connectivity index (χ4n) is 2.34. The Hall–Kier alpha value is -2.66. The molecule has 0 saturated heterocycles. The van der Waals surface area contributed by atoms with E-state index in [0.717, 1.165) is 22.0 Å². The van der Waals surface area contributed by atoms with Crippen LogP contribution in [0, 0.1) is 0 Å².